The zero-order valence-corrected chi connectivity index (χ0v) is 12.7. The Balaban J connectivity index is 2.24. The molecule has 1 aromatic carbocycles. The van der Waals surface area contributed by atoms with E-state index in [1.165, 1.54) is 0 Å². The van der Waals surface area contributed by atoms with Gasteiger partial charge in [0.15, 0.2) is 5.78 Å². The first-order valence-electron chi connectivity index (χ1n) is 6.89. The Morgan fingerprint density at radius 2 is 1.90 bits per heavy atom. The topological polar surface area (TPSA) is 37.3 Å². The molecule has 0 atom stereocenters. The average molecular weight is 311 g/mol. The number of carbonyl (C=O) groups is 1. The van der Waals surface area contributed by atoms with E-state index in [1.807, 2.05) is 0 Å². The van der Waals surface area contributed by atoms with Gasteiger partial charge in [-0.2, -0.15) is 0 Å². The third-order valence-corrected chi connectivity index (χ3v) is 5.55. The van der Waals surface area contributed by atoms with Crippen molar-refractivity contribution in [3.05, 3.63) is 39.4 Å². The normalized spacial score (nSPS) is 19.6. The molecule has 20 heavy (non-hydrogen) atoms. The molecule has 2 nitrogen and oxygen atoms in total. The standard InChI is InChI=1S/C16H16Cl2O2/c1-2-5-9-10-8-16(6-3-4-7-16)15(20)11(10)12(17)13(18)14(9)19/h2,19H,1,3-8H2. The van der Waals surface area contributed by atoms with E-state index < -0.39 is 0 Å². The Kier molecular flexibility index (Phi) is 3.34. The van der Waals surface area contributed by atoms with E-state index in [1.54, 1.807) is 6.08 Å². The van der Waals surface area contributed by atoms with Crippen LogP contribution >= 0.6 is 23.2 Å². The van der Waals surface area contributed by atoms with Crippen molar-refractivity contribution in [3.8, 4) is 5.75 Å². The van der Waals surface area contributed by atoms with Crippen molar-refractivity contribution in [1.29, 1.82) is 0 Å². The lowest BCUT2D eigenvalue weighted by molar-refractivity contribution is 0.0827. The Bertz CT molecular complexity index is 614. The molecule has 0 heterocycles. The maximum atomic E-state index is 12.8. The quantitative estimate of drug-likeness (QED) is 0.802. The van der Waals surface area contributed by atoms with Crippen LogP contribution in [-0.4, -0.2) is 10.9 Å². The number of allylic oxidation sites excluding steroid dienone is 1. The van der Waals surface area contributed by atoms with Crippen molar-refractivity contribution in [1.82, 2.24) is 0 Å². The number of fused-ring (bicyclic) bond motifs is 1. The van der Waals surface area contributed by atoms with Gasteiger partial charge in [0.2, 0.25) is 0 Å². The van der Waals surface area contributed by atoms with Gasteiger partial charge in [-0.3, -0.25) is 4.79 Å². The SMILES string of the molecule is C=CCc1c(O)c(Cl)c(Cl)c2c1CC1(CCCC1)C2=O. The summed E-state index contributed by atoms with van der Waals surface area (Å²) in [6.45, 7) is 3.71. The van der Waals surface area contributed by atoms with E-state index >= 15 is 0 Å². The molecule has 0 radical (unpaired) electrons. The van der Waals surface area contributed by atoms with Crippen LogP contribution in [-0.2, 0) is 12.8 Å². The van der Waals surface area contributed by atoms with Gasteiger partial charge in [0.05, 0.1) is 5.02 Å². The summed E-state index contributed by atoms with van der Waals surface area (Å²) >= 11 is 12.3. The Labute approximate surface area is 128 Å². The maximum absolute atomic E-state index is 12.8. The lowest BCUT2D eigenvalue weighted by Gasteiger charge is -2.19. The lowest BCUT2D eigenvalue weighted by atomic mass is 9.82. The van der Waals surface area contributed by atoms with Gasteiger partial charge in [-0.25, -0.2) is 0 Å². The number of hydrogen-bond acceptors (Lipinski definition) is 2. The third-order valence-electron chi connectivity index (χ3n) is 4.71. The maximum Gasteiger partial charge on any atom is 0.171 e. The summed E-state index contributed by atoms with van der Waals surface area (Å²) in [5.74, 6) is 0.111. The molecule has 0 aromatic heterocycles. The molecule has 0 saturated heterocycles. The second-order valence-electron chi connectivity index (χ2n) is 5.79. The van der Waals surface area contributed by atoms with Gasteiger partial charge in [-0.15, -0.1) is 6.58 Å². The van der Waals surface area contributed by atoms with Gasteiger partial charge in [0, 0.05) is 16.5 Å². The van der Waals surface area contributed by atoms with Gasteiger partial charge in [0.1, 0.15) is 10.8 Å². The van der Waals surface area contributed by atoms with E-state index in [4.69, 9.17) is 23.2 Å². The fourth-order valence-corrected chi connectivity index (χ4v) is 4.21. The van der Waals surface area contributed by atoms with E-state index in [-0.39, 0.29) is 27.0 Å². The number of carbonyl (C=O) groups excluding carboxylic acids is 1. The summed E-state index contributed by atoms with van der Waals surface area (Å²) in [5, 5.41) is 10.5. The summed E-state index contributed by atoms with van der Waals surface area (Å²) < 4.78 is 0. The van der Waals surface area contributed by atoms with Crippen LogP contribution in [0.15, 0.2) is 12.7 Å². The highest BCUT2D eigenvalue weighted by molar-refractivity contribution is 6.45. The van der Waals surface area contributed by atoms with Crippen LogP contribution in [0.5, 0.6) is 5.75 Å². The van der Waals surface area contributed by atoms with Gasteiger partial charge in [-0.05, 0) is 31.2 Å². The van der Waals surface area contributed by atoms with Gasteiger partial charge in [-0.1, -0.05) is 42.1 Å². The zero-order chi connectivity index (χ0) is 14.5. The van der Waals surface area contributed by atoms with Crippen LogP contribution in [0.1, 0.15) is 47.2 Å². The van der Waals surface area contributed by atoms with E-state index in [9.17, 15) is 9.90 Å². The molecule has 1 fully saturated rings. The molecule has 2 aliphatic rings. The second kappa shape index (κ2) is 4.78. The zero-order valence-electron chi connectivity index (χ0n) is 11.1. The molecule has 1 saturated carbocycles. The fourth-order valence-electron chi connectivity index (χ4n) is 3.71. The first-order chi connectivity index (χ1) is 9.52. The number of benzene rings is 1. The van der Waals surface area contributed by atoms with Crippen LogP contribution in [0, 0.1) is 5.41 Å². The third kappa shape index (κ3) is 1.74. The van der Waals surface area contributed by atoms with Crippen LogP contribution in [0.4, 0.5) is 0 Å². The molecule has 0 aliphatic heterocycles. The molecular weight excluding hydrogens is 295 g/mol. The number of phenolic OH excluding ortho intramolecular Hbond substituents is 1. The highest BCUT2D eigenvalue weighted by Gasteiger charge is 2.49. The number of ketones is 1. The second-order valence-corrected chi connectivity index (χ2v) is 6.55. The van der Waals surface area contributed by atoms with Crippen LogP contribution in [0.3, 0.4) is 0 Å². The summed E-state index contributed by atoms with van der Waals surface area (Å²) in [5.41, 5.74) is 1.82. The minimum absolute atomic E-state index is 0.00170. The van der Waals surface area contributed by atoms with Crippen LogP contribution in [0.25, 0.3) is 0 Å². The first kappa shape index (κ1) is 14.0. The molecule has 106 valence electrons. The molecular formula is C16H16Cl2O2. The Morgan fingerprint density at radius 3 is 2.50 bits per heavy atom. The van der Waals surface area contributed by atoms with E-state index in [0.29, 0.717) is 24.0 Å². The predicted molar refractivity (Wildman–Crippen MR) is 81.0 cm³/mol. The molecule has 2 aliphatic carbocycles. The average Bonchev–Trinajstić information content (AvgIpc) is 3.00. The molecule has 4 heteroatoms. The van der Waals surface area contributed by atoms with Crippen molar-refractivity contribution in [2.75, 3.05) is 0 Å². The van der Waals surface area contributed by atoms with Crippen LogP contribution < -0.4 is 0 Å². The van der Waals surface area contributed by atoms with Crippen LogP contribution in [0.2, 0.25) is 10.0 Å². The monoisotopic (exact) mass is 310 g/mol. The Morgan fingerprint density at radius 1 is 1.25 bits per heavy atom. The number of rotatable bonds is 2. The molecule has 0 amide bonds. The largest absolute Gasteiger partial charge is 0.506 e. The minimum atomic E-state index is -0.307. The summed E-state index contributed by atoms with van der Waals surface area (Å²) in [6, 6.07) is 0. The molecule has 1 N–H and O–H groups in total. The van der Waals surface area contributed by atoms with Crippen molar-refractivity contribution in [2.45, 2.75) is 38.5 Å². The molecule has 1 aromatic rings. The van der Waals surface area contributed by atoms with E-state index in [2.05, 4.69) is 6.58 Å². The number of Topliss-reactive ketones (excluding diaryl/α,β-unsaturated/α-hetero) is 1. The predicted octanol–water partition coefficient (Wildman–Crippen LogP) is 4.73. The van der Waals surface area contributed by atoms with Gasteiger partial charge >= 0.3 is 0 Å². The summed E-state index contributed by atoms with van der Waals surface area (Å²) in [6.07, 6.45) is 6.85. The van der Waals surface area contributed by atoms with Crippen molar-refractivity contribution in [2.24, 2.45) is 5.41 Å². The molecule has 1 spiro atoms. The highest BCUT2D eigenvalue weighted by Crippen LogP contribution is 2.54. The first-order valence-corrected chi connectivity index (χ1v) is 7.65. The number of halogens is 2. The van der Waals surface area contributed by atoms with E-state index in [0.717, 1.165) is 31.2 Å². The summed E-state index contributed by atoms with van der Waals surface area (Å²) in [4.78, 5) is 12.8. The highest BCUT2D eigenvalue weighted by atomic mass is 35.5. The van der Waals surface area contributed by atoms with Crippen molar-refractivity contribution >= 4 is 29.0 Å². The molecule has 0 bridgehead atoms. The van der Waals surface area contributed by atoms with Gasteiger partial charge in [0.25, 0.3) is 0 Å². The Hall–Kier alpha value is -0.990. The van der Waals surface area contributed by atoms with Crippen molar-refractivity contribution < 1.29 is 9.90 Å². The summed E-state index contributed by atoms with van der Waals surface area (Å²) in [7, 11) is 0. The fraction of sp³-hybridized carbons (Fsp3) is 0.438. The van der Waals surface area contributed by atoms with Gasteiger partial charge < -0.3 is 5.11 Å². The smallest absolute Gasteiger partial charge is 0.171 e. The number of hydrogen-bond donors (Lipinski definition) is 1. The lowest BCUT2D eigenvalue weighted by Crippen LogP contribution is -2.23. The van der Waals surface area contributed by atoms with Crippen molar-refractivity contribution in [3.63, 3.8) is 0 Å². The number of phenols is 1. The molecule has 3 rings (SSSR count). The molecule has 0 unspecified atom stereocenters. The minimum Gasteiger partial charge on any atom is -0.506 e. The number of aromatic hydroxyl groups is 1.